The van der Waals surface area contributed by atoms with Gasteiger partial charge >= 0.3 is 0 Å². The van der Waals surface area contributed by atoms with Crippen LogP contribution in [0.2, 0.25) is 0 Å². The van der Waals surface area contributed by atoms with Gasteiger partial charge in [-0.3, -0.25) is 10.1 Å². The SMILES string of the molecule is C#CCOc1ccc2ncnc(Nc3cccc([N+](=O)[O-])c3)c2c1. The van der Waals surface area contributed by atoms with Crippen molar-refractivity contribution >= 4 is 28.1 Å². The monoisotopic (exact) mass is 320 g/mol. The van der Waals surface area contributed by atoms with Gasteiger partial charge in [0.1, 0.15) is 24.5 Å². The first kappa shape index (κ1) is 15.2. The van der Waals surface area contributed by atoms with E-state index in [0.29, 0.717) is 22.8 Å². The molecule has 0 aliphatic rings. The van der Waals surface area contributed by atoms with Crippen molar-refractivity contribution in [2.45, 2.75) is 0 Å². The number of hydrogen-bond donors (Lipinski definition) is 1. The summed E-state index contributed by atoms with van der Waals surface area (Å²) in [5.41, 5.74) is 1.27. The highest BCUT2D eigenvalue weighted by atomic mass is 16.6. The summed E-state index contributed by atoms with van der Waals surface area (Å²) in [4.78, 5) is 18.8. The topological polar surface area (TPSA) is 90.2 Å². The van der Waals surface area contributed by atoms with E-state index in [1.54, 1.807) is 30.3 Å². The second-order valence-corrected chi connectivity index (χ2v) is 4.83. The Morgan fingerprint density at radius 2 is 2.12 bits per heavy atom. The molecule has 0 radical (unpaired) electrons. The molecule has 24 heavy (non-hydrogen) atoms. The van der Waals surface area contributed by atoms with Gasteiger partial charge in [0, 0.05) is 23.2 Å². The summed E-state index contributed by atoms with van der Waals surface area (Å²) in [5, 5.41) is 14.7. The number of rotatable bonds is 5. The number of nitro groups is 1. The second-order valence-electron chi connectivity index (χ2n) is 4.83. The summed E-state index contributed by atoms with van der Waals surface area (Å²) in [6.45, 7) is 0.160. The minimum absolute atomic E-state index is 0.00333. The molecule has 3 aromatic rings. The van der Waals surface area contributed by atoms with Crippen molar-refractivity contribution in [1.82, 2.24) is 9.97 Å². The van der Waals surface area contributed by atoms with E-state index in [4.69, 9.17) is 11.2 Å². The van der Waals surface area contributed by atoms with Crippen LogP contribution in [-0.2, 0) is 0 Å². The predicted molar refractivity (Wildman–Crippen MR) is 90.2 cm³/mol. The molecule has 0 unspecified atom stereocenters. The molecule has 1 aromatic heterocycles. The molecule has 0 saturated heterocycles. The van der Waals surface area contributed by atoms with Crippen LogP contribution >= 0.6 is 0 Å². The van der Waals surface area contributed by atoms with Crippen LogP contribution in [0.3, 0.4) is 0 Å². The third-order valence-corrected chi connectivity index (χ3v) is 3.25. The maximum Gasteiger partial charge on any atom is 0.271 e. The van der Waals surface area contributed by atoms with Crippen molar-refractivity contribution in [2.75, 3.05) is 11.9 Å². The van der Waals surface area contributed by atoms with Gasteiger partial charge in [0.15, 0.2) is 0 Å². The maximum absolute atomic E-state index is 10.9. The van der Waals surface area contributed by atoms with Crippen LogP contribution in [0.1, 0.15) is 0 Å². The van der Waals surface area contributed by atoms with E-state index in [2.05, 4.69) is 21.2 Å². The molecule has 0 atom stereocenters. The molecule has 118 valence electrons. The second kappa shape index (κ2) is 6.62. The normalized spacial score (nSPS) is 10.1. The Labute approximate surface area is 137 Å². The van der Waals surface area contributed by atoms with E-state index < -0.39 is 4.92 Å². The number of non-ortho nitro benzene ring substituents is 1. The smallest absolute Gasteiger partial charge is 0.271 e. The lowest BCUT2D eigenvalue weighted by atomic mass is 10.2. The molecule has 0 amide bonds. The quantitative estimate of drug-likeness (QED) is 0.441. The number of nitrogens with zero attached hydrogens (tertiary/aromatic N) is 3. The molecule has 0 spiro atoms. The molecule has 0 saturated carbocycles. The number of aromatic nitrogens is 2. The van der Waals surface area contributed by atoms with E-state index in [0.717, 1.165) is 5.39 Å². The van der Waals surface area contributed by atoms with E-state index in [9.17, 15) is 10.1 Å². The summed E-state index contributed by atoms with van der Waals surface area (Å²) in [5.74, 6) is 3.52. The zero-order chi connectivity index (χ0) is 16.9. The lowest BCUT2D eigenvalue weighted by Gasteiger charge is -2.09. The van der Waals surface area contributed by atoms with Crippen LogP contribution in [0.4, 0.5) is 17.2 Å². The zero-order valence-corrected chi connectivity index (χ0v) is 12.5. The fourth-order valence-corrected chi connectivity index (χ4v) is 2.18. The van der Waals surface area contributed by atoms with Gasteiger partial charge < -0.3 is 10.1 Å². The van der Waals surface area contributed by atoms with Gasteiger partial charge in [0.2, 0.25) is 0 Å². The molecular formula is C17H12N4O3. The number of hydrogen-bond acceptors (Lipinski definition) is 6. The van der Waals surface area contributed by atoms with Crippen LogP contribution in [0.5, 0.6) is 5.75 Å². The molecule has 1 heterocycles. The summed E-state index contributed by atoms with van der Waals surface area (Å²) in [6.07, 6.45) is 6.61. The van der Waals surface area contributed by atoms with Crippen molar-refractivity contribution in [2.24, 2.45) is 0 Å². The fourth-order valence-electron chi connectivity index (χ4n) is 2.18. The zero-order valence-electron chi connectivity index (χ0n) is 12.5. The third kappa shape index (κ3) is 3.23. The van der Waals surface area contributed by atoms with Gasteiger partial charge in [-0.25, -0.2) is 9.97 Å². The van der Waals surface area contributed by atoms with Gasteiger partial charge in [-0.1, -0.05) is 12.0 Å². The number of fused-ring (bicyclic) bond motifs is 1. The summed E-state index contributed by atoms with van der Waals surface area (Å²) < 4.78 is 5.41. The summed E-state index contributed by atoms with van der Waals surface area (Å²) in [7, 11) is 0. The minimum Gasteiger partial charge on any atom is -0.481 e. The third-order valence-electron chi connectivity index (χ3n) is 3.25. The molecule has 0 bridgehead atoms. The van der Waals surface area contributed by atoms with E-state index >= 15 is 0 Å². The van der Waals surface area contributed by atoms with Gasteiger partial charge in [0.05, 0.1) is 10.4 Å². The average Bonchev–Trinajstić information content (AvgIpc) is 2.60. The van der Waals surface area contributed by atoms with E-state index in [1.807, 2.05) is 0 Å². The van der Waals surface area contributed by atoms with Gasteiger partial charge in [-0.15, -0.1) is 6.42 Å². The Morgan fingerprint density at radius 1 is 1.25 bits per heavy atom. The first-order chi connectivity index (χ1) is 11.7. The Hall–Kier alpha value is -3.66. The summed E-state index contributed by atoms with van der Waals surface area (Å²) >= 11 is 0. The van der Waals surface area contributed by atoms with E-state index in [1.165, 1.54) is 18.5 Å². The summed E-state index contributed by atoms with van der Waals surface area (Å²) in [6, 6.07) is 11.5. The van der Waals surface area contributed by atoms with E-state index in [-0.39, 0.29) is 12.3 Å². The van der Waals surface area contributed by atoms with Gasteiger partial charge in [0.25, 0.3) is 5.69 Å². The van der Waals surface area contributed by atoms with Crippen LogP contribution < -0.4 is 10.1 Å². The number of nitrogens with one attached hydrogen (secondary N) is 1. The Balaban J connectivity index is 1.98. The highest BCUT2D eigenvalue weighted by molar-refractivity contribution is 5.91. The molecule has 3 rings (SSSR count). The van der Waals surface area contributed by atoms with Gasteiger partial charge in [-0.05, 0) is 24.3 Å². The number of terminal acetylenes is 1. The van der Waals surface area contributed by atoms with Crippen LogP contribution in [0, 0.1) is 22.5 Å². The first-order valence-electron chi connectivity index (χ1n) is 7.00. The molecule has 1 N–H and O–H groups in total. The highest BCUT2D eigenvalue weighted by Gasteiger charge is 2.09. The highest BCUT2D eigenvalue weighted by Crippen LogP contribution is 2.27. The van der Waals surface area contributed by atoms with Gasteiger partial charge in [-0.2, -0.15) is 0 Å². The number of ether oxygens (including phenoxy) is 1. The lowest BCUT2D eigenvalue weighted by molar-refractivity contribution is -0.384. The predicted octanol–water partition coefficient (Wildman–Crippen LogP) is 3.29. The van der Waals surface area contributed by atoms with Crippen LogP contribution in [0.25, 0.3) is 10.9 Å². The molecule has 7 heteroatoms. The van der Waals surface area contributed by atoms with Crippen molar-refractivity contribution in [3.63, 3.8) is 0 Å². The number of nitro benzene ring substituents is 1. The fraction of sp³-hybridized carbons (Fsp3) is 0.0588. The first-order valence-corrected chi connectivity index (χ1v) is 7.00. The minimum atomic E-state index is -0.449. The average molecular weight is 320 g/mol. The number of anilines is 2. The Bertz CT molecular complexity index is 950. The molecule has 0 fully saturated rings. The molecule has 2 aromatic carbocycles. The Kier molecular flexibility index (Phi) is 4.21. The lowest BCUT2D eigenvalue weighted by Crippen LogP contribution is -1.98. The van der Waals surface area contributed by atoms with Crippen molar-refractivity contribution in [3.05, 3.63) is 58.9 Å². The molecule has 0 aliphatic carbocycles. The number of benzene rings is 2. The van der Waals surface area contributed by atoms with Crippen molar-refractivity contribution in [3.8, 4) is 18.1 Å². The standard InChI is InChI=1S/C17H12N4O3/c1-2-8-24-14-6-7-16-15(10-14)17(19-11-18-16)20-12-4-3-5-13(9-12)21(22)23/h1,3-7,9-11H,8H2,(H,18,19,20). The van der Waals surface area contributed by atoms with Crippen molar-refractivity contribution in [1.29, 1.82) is 0 Å². The van der Waals surface area contributed by atoms with Crippen LogP contribution in [0.15, 0.2) is 48.8 Å². The largest absolute Gasteiger partial charge is 0.481 e. The molecular weight excluding hydrogens is 308 g/mol. The van der Waals surface area contributed by atoms with Crippen molar-refractivity contribution < 1.29 is 9.66 Å². The van der Waals surface area contributed by atoms with Crippen LogP contribution in [-0.4, -0.2) is 21.5 Å². The molecule has 0 aliphatic heterocycles. The maximum atomic E-state index is 10.9. The molecule has 7 nitrogen and oxygen atoms in total. The Morgan fingerprint density at radius 3 is 2.92 bits per heavy atom.